The standard InChI is InChI=1S/C11H12O4.C8H7FO3/c1-3-10(12)15-11(13)8-4-6-9(14-2)7-5-8;1-6(10)11-12-8-4-2-7(9)3-5-8/h4-7H,3H2,1-2H3;2-5H,1H3. The van der Waals surface area contributed by atoms with Gasteiger partial charge in [-0.3, -0.25) is 14.6 Å². The van der Waals surface area contributed by atoms with Crippen molar-refractivity contribution in [3.63, 3.8) is 0 Å². The second kappa shape index (κ2) is 11.2. The molecule has 0 amide bonds. The van der Waals surface area contributed by atoms with Gasteiger partial charge >= 0.3 is 17.9 Å². The van der Waals surface area contributed by atoms with Gasteiger partial charge in [0, 0.05) is 13.3 Å². The van der Waals surface area contributed by atoms with Crippen LogP contribution in [-0.4, -0.2) is 25.0 Å². The fourth-order valence-corrected chi connectivity index (χ4v) is 1.56. The first-order valence-electron chi connectivity index (χ1n) is 7.85. The van der Waals surface area contributed by atoms with E-state index in [0.29, 0.717) is 11.3 Å². The molecule has 0 radical (unpaired) electrons. The van der Waals surface area contributed by atoms with E-state index in [0.717, 1.165) is 0 Å². The number of hydrogen-bond donors (Lipinski definition) is 0. The molecule has 0 fully saturated rings. The third kappa shape index (κ3) is 8.48. The molecule has 0 atom stereocenters. The second-order valence-electron chi connectivity index (χ2n) is 4.96. The van der Waals surface area contributed by atoms with Gasteiger partial charge in [0.1, 0.15) is 11.6 Å². The monoisotopic (exact) mass is 378 g/mol. The van der Waals surface area contributed by atoms with E-state index < -0.39 is 17.9 Å². The number of carbonyl (C=O) groups is 3. The van der Waals surface area contributed by atoms with E-state index in [2.05, 4.69) is 14.5 Å². The average molecular weight is 378 g/mol. The molecule has 8 heteroatoms. The van der Waals surface area contributed by atoms with Gasteiger partial charge in [0.05, 0.1) is 12.7 Å². The summed E-state index contributed by atoms with van der Waals surface area (Å²) in [6.07, 6.45) is 0.182. The fraction of sp³-hybridized carbons (Fsp3) is 0.211. The van der Waals surface area contributed by atoms with Crippen LogP contribution in [0.25, 0.3) is 0 Å². The molecule has 27 heavy (non-hydrogen) atoms. The maximum Gasteiger partial charge on any atom is 0.352 e. The molecule has 0 saturated heterocycles. The molecule has 0 aliphatic carbocycles. The molecule has 2 aromatic carbocycles. The Hall–Kier alpha value is -3.42. The zero-order valence-electron chi connectivity index (χ0n) is 15.1. The molecule has 0 unspecified atom stereocenters. The lowest BCUT2D eigenvalue weighted by molar-refractivity contribution is -0.210. The summed E-state index contributed by atoms with van der Waals surface area (Å²) in [6, 6.07) is 11.5. The van der Waals surface area contributed by atoms with Crippen molar-refractivity contribution in [1.29, 1.82) is 0 Å². The molecule has 2 aromatic rings. The van der Waals surface area contributed by atoms with E-state index in [1.54, 1.807) is 31.2 Å². The molecule has 0 aliphatic rings. The summed E-state index contributed by atoms with van der Waals surface area (Å²) < 4.78 is 21.8. The van der Waals surface area contributed by atoms with Gasteiger partial charge in [0.2, 0.25) is 0 Å². The number of benzene rings is 2. The Morgan fingerprint density at radius 2 is 1.48 bits per heavy atom. The predicted molar refractivity (Wildman–Crippen MR) is 92.5 cm³/mol. The summed E-state index contributed by atoms with van der Waals surface area (Å²) in [5.41, 5.74) is 0.331. The number of methoxy groups -OCH3 is 1. The highest BCUT2D eigenvalue weighted by Gasteiger charge is 2.10. The third-order valence-corrected chi connectivity index (χ3v) is 2.89. The van der Waals surface area contributed by atoms with Crippen molar-refractivity contribution in [2.24, 2.45) is 0 Å². The summed E-state index contributed by atoms with van der Waals surface area (Å²) in [7, 11) is 1.54. The first kappa shape index (κ1) is 21.6. The average Bonchev–Trinajstić information content (AvgIpc) is 2.68. The first-order chi connectivity index (χ1) is 12.8. The van der Waals surface area contributed by atoms with Crippen LogP contribution in [-0.2, 0) is 19.2 Å². The van der Waals surface area contributed by atoms with Crippen LogP contribution in [0.2, 0.25) is 0 Å². The predicted octanol–water partition coefficient (Wildman–Crippen LogP) is 3.47. The molecule has 0 saturated carbocycles. The number of rotatable bonds is 5. The van der Waals surface area contributed by atoms with Crippen molar-refractivity contribution < 1.29 is 38.0 Å². The lowest BCUT2D eigenvalue weighted by Gasteiger charge is -2.02. The lowest BCUT2D eigenvalue weighted by atomic mass is 10.2. The fourth-order valence-electron chi connectivity index (χ4n) is 1.56. The van der Waals surface area contributed by atoms with Crippen LogP contribution in [0, 0.1) is 5.82 Å². The molecule has 0 aliphatic heterocycles. The van der Waals surface area contributed by atoms with Crippen molar-refractivity contribution in [3.05, 3.63) is 59.9 Å². The molecular weight excluding hydrogens is 359 g/mol. The molecule has 2 rings (SSSR count). The van der Waals surface area contributed by atoms with Crippen molar-refractivity contribution in [2.45, 2.75) is 20.3 Å². The first-order valence-corrected chi connectivity index (χ1v) is 7.85. The van der Waals surface area contributed by atoms with Gasteiger partial charge in [-0.1, -0.05) is 6.92 Å². The highest BCUT2D eigenvalue weighted by molar-refractivity contribution is 5.96. The smallest absolute Gasteiger partial charge is 0.352 e. The van der Waals surface area contributed by atoms with Crippen LogP contribution in [0.4, 0.5) is 4.39 Å². The second-order valence-corrected chi connectivity index (χ2v) is 4.96. The van der Waals surface area contributed by atoms with Crippen LogP contribution >= 0.6 is 0 Å². The minimum atomic E-state index is -0.635. The highest BCUT2D eigenvalue weighted by atomic mass is 19.1. The Labute approximate surface area is 155 Å². The molecule has 0 N–H and O–H groups in total. The van der Waals surface area contributed by atoms with E-state index in [9.17, 15) is 18.8 Å². The van der Waals surface area contributed by atoms with E-state index in [1.807, 2.05) is 0 Å². The highest BCUT2D eigenvalue weighted by Crippen LogP contribution is 2.12. The molecule has 7 nitrogen and oxygen atoms in total. The Kier molecular flexibility index (Phi) is 9.01. The zero-order chi connectivity index (χ0) is 20.2. The number of esters is 2. The van der Waals surface area contributed by atoms with E-state index in [4.69, 9.17) is 4.74 Å². The Morgan fingerprint density at radius 1 is 0.926 bits per heavy atom. The van der Waals surface area contributed by atoms with Crippen LogP contribution in [0.1, 0.15) is 30.6 Å². The Balaban J connectivity index is 0.000000277. The van der Waals surface area contributed by atoms with E-state index in [-0.39, 0.29) is 18.0 Å². The van der Waals surface area contributed by atoms with Gasteiger partial charge in [-0.15, -0.1) is 0 Å². The van der Waals surface area contributed by atoms with E-state index in [1.165, 1.54) is 38.3 Å². The van der Waals surface area contributed by atoms with Gasteiger partial charge in [0.15, 0.2) is 5.75 Å². The molecular formula is C19H19FO7. The van der Waals surface area contributed by atoms with Gasteiger partial charge in [0.25, 0.3) is 0 Å². The van der Waals surface area contributed by atoms with Gasteiger partial charge in [-0.25, -0.2) is 14.0 Å². The summed E-state index contributed by atoms with van der Waals surface area (Å²) >= 11 is 0. The number of ether oxygens (including phenoxy) is 2. The molecule has 0 spiro atoms. The summed E-state index contributed by atoms with van der Waals surface area (Å²) in [5.74, 6) is -1.16. The van der Waals surface area contributed by atoms with Crippen LogP contribution < -0.4 is 9.62 Å². The third-order valence-electron chi connectivity index (χ3n) is 2.89. The van der Waals surface area contributed by atoms with Crippen LogP contribution in [0.5, 0.6) is 11.5 Å². The Bertz CT molecular complexity index is 755. The number of hydrogen-bond acceptors (Lipinski definition) is 7. The number of halogens is 1. The van der Waals surface area contributed by atoms with Gasteiger partial charge in [-0.2, -0.15) is 0 Å². The summed E-state index contributed by atoms with van der Waals surface area (Å²) in [6.45, 7) is 2.84. The van der Waals surface area contributed by atoms with Crippen molar-refractivity contribution in [1.82, 2.24) is 0 Å². The van der Waals surface area contributed by atoms with Crippen molar-refractivity contribution in [2.75, 3.05) is 7.11 Å². The lowest BCUT2D eigenvalue weighted by Crippen LogP contribution is -2.11. The minimum absolute atomic E-state index is 0.182. The molecule has 0 aromatic heterocycles. The van der Waals surface area contributed by atoms with Crippen molar-refractivity contribution >= 4 is 17.9 Å². The van der Waals surface area contributed by atoms with E-state index >= 15 is 0 Å². The molecule has 144 valence electrons. The molecule has 0 heterocycles. The summed E-state index contributed by atoms with van der Waals surface area (Å²) in [5, 5.41) is 0. The van der Waals surface area contributed by atoms with Gasteiger partial charge in [-0.05, 0) is 48.5 Å². The van der Waals surface area contributed by atoms with Crippen LogP contribution in [0.15, 0.2) is 48.5 Å². The maximum atomic E-state index is 12.3. The normalized spacial score (nSPS) is 9.33. The maximum absolute atomic E-state index is 12.3. The topological polar surface area (TPSA) is 88.1 Å². The SMILES string of the molecule is CC(=O)OOc1ccc(F)cc1.CCC(=O)OC(=O)c1ccc(OC)cc1. The summed E-state index contributed by atoms with van der Waals surface area (Å²) in [4.78, 5) is 41.2. The molecule has 0 bridgehead atoms. The van der Waals surface area contributed by atoms with Gasteiger partial charge < -0.3 is 9.47 Å². The minimum Gasteiger partial charge on any atom is -0.497 e. The van der Waals surface area contributed by atoms with Crippen LogP contribution in [0.3, 0.4) is 0 Å². The number of carbonyl (C=O) groups excluding carboxylic acids is 3. The quantitative estimate of drug-likeness (QED) is 0.341. The largest absolute Gasteiger partial charge is 0.497 e. The Morgan fingerprint density at radius 3 is 1.96 bits per heavy atom. The zero-order valence-corrected chi connectivity index (χ0v) is 15.1. The van der Waals surface area contributed by atoms with Crippen molar-refractivity contribution in [3.8, 4) is 11.5 Å².